The van der Waals surface area contributed by atoms with E-state index in [0.29, 0.717) is 24.4 Å². The minimum Gasteiger partial charge on any atom is -0.478 e. The van der Waals surface area contributed by atoms with Crippen LogP contribution in [0.2, 0.25) is 0 Å². The number of hydrogen-bond donors (Lipinski definition) is 0. The number of rotatable bonds is 3. The Hall–Kier alpha value is -0.240. The lowest BCUT2D eigenvalue weighted by Crippen LogP contribution is -2.26. The van der Waals surface area contributed by atoms with Crippen LogP contribution in [0.25, 0.3) is 0 Å². The molecule has 0 saturated carbocycles. The Labute approximate surface area is 85.3 Å². The lowest BCUT2D eigenvalue weighted by atomic mass is 9.96. The first-order valence-corrected chi connectivity index (χ1v) is 5.28. The summed E-state index contributed by atoms with van der Waals surface area (Å²) in [5.74, 6) is 1.92. The molecule has 0 aromatic rings. The van der Waals surface area contributed by atoms with Crippen LogP contribution < -0.4 is 0 Å². The van der Waals surface area contributed by atoms with E-state index in [2.05, 4.69) is 32.7 Å². The highest BCUT2D eigenvalue weighted by Gasteiger charge is 2.32. The summed E-state index contributed by atoms with van der Waals surface area (Å²) in [6, 6.07) is 0.317. The summed E-state index contributed by atoms with van der Waals surface area (Å²) in [5, 5.41) is 0. The van der Waals surface area contributed by atoms with E-state index in [9.17, 15) is 0 Å². The van der Waals surface area contributed by atoms with Crippen LogP contribution in [0.5, 0.6) is 0 Å². The third kappa shape index (κ3) is 2.37. The maximum atomic E-state index is 5.84. The van der Waals surface area contributed by atoms with Gasteiger partial charge in [0.1, 0.15) is 6.61 Å². The van der Waals surface area contributed by atoms with Gasteiger partial charge >= 0.3 is 0 Å². The molecule has 0 radical (unpaired) electrons. The molecule has 1 atom stereocenters. The van der Waals surface area contributed by atoms with Crippen molar-refractivity contribution in [3.8, 4) is 0 Å². The summed E-state index contributed by atoms with van der Waals surface area (Å²) in [6.45, 7) is 9.15. The molecule has 2 nitrogen and oxygen atoms in total. The monoisotopic (exact) mass is 203 g/mol. The van der Waals surface area contributed by atoms with E-state index in [4.69, 9.17) is 16.3 Å². The van der Waals surface area contributed by atoms with Crippen molar-refractivity contribution < 1.29 is 4.74 Å². The van der Waals surface area contributed by atoms with Crippen molar-refractivity contribution in [1.82, 2.24) is 0 Å². The second-order valence-electron chi connectivity index (χ2n) is 4.57. The summed E-state index contributed by atoms with van der Waals surface area (Å²) in [6.07, 6.45) is 0. The smallest absolute Gasteiger partial charge is 0.190 e. The molecular weight excluding hydrogens is 186 g/mol. The number of halogens is 1. The second kappa shape index (κ2) is 3.87. The van der Waals surface area contributed by atoms with E-state index >= 15 is 0 Å². The first-order chi connectivity index (χ1) is 5.97. The molecule has 0 spiro atoms. The maximum Gasteiger partial charge on any atom is 0.190 e. The van der Waals surface area contributed by atoms with Crippen LogP contribution in [0, 0.1) is 11.3 Å². The van der Waals surface area contributed by atoms with Crippen molar-refractivity contribution in [2.45, 2.75) is 33.7 Å². The van der Waals surface area contributed by atoms with Crippen molar-refractivity contribution in [3.63, 3.8) is 0 Å². The van der Waals surface area contributed by atoms with Gasteiger partial charge in [-0.2, -0.15) is 0 Å². The Balaban J connectivity index is 2.69. The second-order valence-corrected chi connectivity index (χ2v) is 4.84. The summed E-state index contributed by atoms with van der Waals surface area (Å²) in [4.78, 5) is 4.54. The molecule has 1 aliphatic heterocycles. The number of nitrogens with zero attached hydrogens (tertiary/aromatic N) is 1. The molecule has 1 aliphatic rings. The van der Waals surface area contributed by atoms with Gasteiger partial charge < -0.3 is 4.74 Å². The number of alkyl halides is 1. The van der Waals surface area contributed by atoms with E-state index in [1.54, 1.807) is 0 Å². The van der Waals surface area contributed by atoms with E-state index in [0.717, 1.165) is 5.90 Å². The highest BCUT2D eigenvalue weighted by atomic mass is 35.5. The van der Waals surface area contributed by atoms with Gasteiger partial charge in [0.2, 0.25) is 0 Å². The number of aliphatic imine (C=N–C) groups is 1. The SMILES string of the molecule is CC(C)C1COC(C(C)(C)CCl)=N1. The summed E-state index contributed by atoms with van der Waals surface area (Å²) < 4.78 is 5.55. The lowest BCUT2D eigenvalue weighted by Gasteiger charge is -2.19. The minimum absolute atomic E-state index is 0.120. The first kappa shape index (κ1) is 10.8. The van der Waals surface area contributed by atoms with Crippen LogP contribution in [-0.4, -0.2) is 24.4 Å². The van der Waals surface area contributed by atoms with Gasteiger partial charge in [-0.1, -0.05) is 13.8 Å². The van der Waals surface area contributed by atoms with Crippen LogP contribution in [-0.2, 0) is 4.74 Å². The molecule has 13 heavy (non-hydrogen) atoms. The summed E-state index contributed by atoms with van der Waals surface area (Å²) >= 11 is 5.84. The Morgan fingerprint density at radius 3 is 2.62 bits per heavy atom. The van der Waals surface area contributed by atoms with Crippen LogP contribution >= 0.6 is 11.6 Å². The summed E-state index contributed by atoms with van der Waals surface area (Å²) in [5.41, 5.74) is -0.120. The van der Waals surface area contributed by atoms with Crippen molar-refractivity contribution in [1.29, 1.82) is 0 Å². The van der Waals surface area contributed by atoms with Crippen LogP contribution in [0.1, 0.15) is 27.7 Å². The predicted octanol–water partition coefficient (Wildman–Crippen LogP) is 2.70. The van der Waals surface area contributed by atoms with Crippen LogP contribution in [0.3, 0.4) is 0 Å². The third-order valence-corrected chi connectivity index (χ3v) is 3.02. The third-order valence-electron chi connectivity index (χ3n) is 2.36. The molecule has 0 N–H and O–H groups in total. The van der Waals surface area contributed by atoms with Gasteiger partial charge in [0.15, 0.2) is 5.90 Å². The average Bonchev–Trinajstić information content (AvgIpc) is 2.52. The molecule has 0 aromatic heterocycles. The first-order valence-electron chi connectivity index (χ1n) is 4.74. The molecule has 76 valence electrons. The zero-order valence-corrected chi connectivity index (χ0v) is 9.56. The molecule has 0 saturated heterocycles. The minimum atomic E-state index is -0.120. The Morgan fingerprint density at radius 1 is 1.62 bits per heavy atom. The van der Waals surface area contributed by atoms with Crippen molar-refractivity contribution in [3.05, 3.63) is 0 Å². The number of hydrogen-bond acceptors (Lipinski definition) is 2. The fourth-order valence-electron chi connectivity index (χ4n) is 1.16. The molecule has 0 bridgehead atoms. The molecule has 0 amide bonds. The van der Waals surface area contributed by atoms with Gasteiger partial charge in [0.25, 0.3) is 0 Å². The zero-order valence-electron chi connectivity index (χ0n) is 8.80. The topological polar surface area (TPSA) is 21.6 Å². The van der Waals surface area contributed by atoms with Crippen LogP contribution in [0.15, 0.2) is 4.99 Å². The van der Waals surface area contributed by atoms with Crippen LogP contribution in [0.4, 0.5) is 0 Å². The zero-order chi connectivity index (χ0) is 10.1. The van der Waals surface area contributed by atoms with E-state index in [1.807, 2.05) is 0 Å². The fourth-order valence-corrected chi connectivity index (χ4v) is 1.27. The fraction of sp³-hybridized carbons (Fsp3) is 0.900. The van der Waals surface area contributed by atoms with Gasteiger partial charge in [-0.3, -0.25) is 0 Å². The largest absolute Gasteiger partial charge is 0.478 e. The molecule has 1 rings (SSSR count). The Bertz CT molecular complexity index is 211. The van der Waals surface area contributed by atoms with Gasteiger partial charge in [0.05, 0.1) is 11.5 Å². The Morgan fingerprint density at radius 2 is 2.23 bits per heavy atom. The molecule has 3 heteroatoms. The van der Waals surface area contributed by atoms with E-state index in [-0.39, 0.29) is 5.41 Å². The normalized spacial score (nSPS) is 23.2. The molecule has 1 unspecified atom stereocenters. The lowest BCUT2D eigenvalue weighted by molar-refractivity contribution is 0.266. The molecule has 1 heterocycles. The molecule has 0 fully saturated rings. The maximum absolute atomic E-state index is 5.84. The van der Waals surface area contributed by atoms with Gasteiger partial charge in [-0.25, -0.2) is 4.99 Å². The molecule has 0 aromatic carbocycles. The quantitative estimate of drug-likeness (QED) is 0.647. The van der Waals surface area contributed by atoms with Gasteiger partial charge in [-0.15, -0.1) is 11.6 Å². The summed E-state index contributed by atoms with van der Waals surface area (Å²) in [7, 11) is 0. The van der Waals surface area contributed by atoms with E-state index in [1.165, 1.54) is 0 Å². The highest BCUT2D eigenvalue weighted by Crippen LogP contribution is 2.26. The van der Waals surface area contributed by atoms with Crippen molar-refractivity contribution in [2.75, 3.05) is 12.5 Å². The molecule has 0 aliphatic carbocycles. The predicted molar refractivity (Wildman–Crippen MR) is 56.5 cm³/mol. The van der Waals surface area contributed by atoms with Gasteiger partial charge in [0, 0.05) is 5.88 Å². The Kier molecular flexibility index (Phi) is 3.23. The van der Waals surface area contributed by atoms with Gasteiger partial charge in [-0.05, 0) is 19.8 Å². The van der Waals surface area contributed by atoms with Crippen molar-refractivity contribution in [2.24, 2.45) is 16.3 Å². The standard InChI is InChI=1S/C10H18ClNO/c1-7(2)8-5-13-9(12-8)10(3,4)6-11/h7-8H,5-6H2,1-4H3. The van der Waals surface area contributed by atoms with E-state index < -0.39 is 0 Å². The highest BCUT2D eigenvalue weighted by molar-refractivity contribution is 6.19. The number of ether oxygens (including phenoxy) is 1. The molecular formula is C10H18ClNO. The average molecular weight is 204 g/mol. The van der Waals surface area contributed by atoms with Crippen molar-refractivity contribution >= 4 is 17.5 Å².